The number of rotatable bonds is 5. The van der Waals surface area contributed by atoms with Gasteiger partial charge in [0.05, 0.1) is 0 Å². The molecule has 3 nitrogen and oxygen atoms in total. The Labute approximate surface area is 326 Å². The van der Waals surface area contributed by atoms with E-state index in [0.29, 0.717) is 0 Å². The predicted octanol–water partition coefficient (Wildman–Crippen LogP) is 13.7. The van der Waals surface area contributed by atoms with E-state index in [1.54, 1.807) is 0 Å². The zero-order chi connectivity index (χ0) is 37.4. The molecular weight excluding hydrogens is 679 g/mol. The van der Waals surface area contributed by atoms with Crippen molar-refractivity contribution in [3.8, 4) is 61.8 Å². The van der Waals surface area contributed by atoms with Gasteiger partial charge in [0.25, 0.3) is 0 Å². The van der Waals surface area contributed by atoms with Crippen LogP contribution in [-0.4, -0.2) is 14.8 Å². The molecule has 1 aliphatic rings. The molecule has 0 N–H and O–H groups in total. The van der Waals surface area contributed by atoms with Crippen molar-refractivity contribution in [2.24, 2.45) is 0 Å². The second-order valence-electron chi connectivity index (χ2n) is 15.4. The van der Waals surface area contributed by atoms with Gasteiger partial charge in [0.2, 0.25) is 0 Å². The summed E-state index contributed by atoms with van der Waals surface area (Å²) in [4.78, 5) is 0. The van der Waals surface area contributed by atoms with Crippen molar-refractivity contribution >= 4 is 32.3 Å². The Balaban J connectivity index is 1.20. The molecule has 1 aromatic heterocycles. The smallest absolute Gasteiger partial charge is 0.168 e. The molecule has 0 spiro atoms. The van der Waals surface area contributed by atoms with Crippen molar-refractivity contribution in [3.05, 3.63) is 199 Å². The van der Waals surface area contributed by atoms with Crippen molar-refractivity contribution in [1.29, 1.82) is 0 Å². The summed E-state index contributed by atoms with van der Waals surface area (Å²) < 4.78 is 2.18. The van der Waals surface area contributed by atoms with Crippen LogP contribution in [0.3, 0.4) is 0 Å². The summed E-state index contributed by atoms with van der Waals surface area (Å²) in [5.74, 6) is 1.62. The molecule has 0 bridgehead atoms. The van der Waals surface area contributed by atoms with E-state index in [4.69, 9.17) is 10.2 Å². The highest BCUT2D eigenvalue weighted by Gasteiger charge is 2.36. The Kier molecular flexibility index (Phi) is 7.20. The summed E-state index contributed by atoms with van der Waals surface area (Å²) in [5, 5.41) is 17.0. The van der Waals surface area contributed by atoms with Gasteiger partial charge in [0.1, 0.15) is 0 Å². The Bertz CT molecular complexity index is 3080. The molecule has 0 aliphatic heterocycles. The van der Waals surface area contributed by atoms with Crippen LogP contribution in [0.5, 0.6) is 0 Å². The van der Waals surface area contributed by atoms with Crippen LogP contribution >= 0.6 is 0 Å². The Morgan fingerprint density at radius 2 is 0.911 bits per heavy atom. The third kappa shape index (κ3) is 4.84. The van der Waals surface area contributed by atoms with Crippen molar-refractivity contribution in [1.82, 2.24) is 14.8 Å². The predicted molar refractivity (Wildman–Crippen MR) is 233 cm³/mol. The molecule has 0 radical (unpaired) electrons. The van der Waals surface area contributed by atoms with Crippen molar-refractivity contribution < 1.29 is 0 Å². The minimum absolute atomic E-state index is 0.130. The lowest BCUT2D eigenvalue weighted by Gasteiger charge is -2.24. The molecular formula is C53H37N3. The molecule has 0 fully saturated rings. The first-order valence-electron chi connectivity index (χ1n) is 19.3. The first kappa shape index (κ1) is 32.3. The van der Waals surface area contributed by atoms with E-state index in [-0.39, 0.29) is 5.41 Å². The number of aromatic nitrogens is 3. The number of benzene rings is 9. The summed E-state index contributed by atoms with van der Waals surface area (Å²) in [6.07, 6.45) is 0. The second kappa shape index (κ2) is 12.5. The summed E-state index contributed by atoms with van der Waals surface area (Å²) >= 11 is 0. The summed E-state index contributed by atoms with van der Waals surface area (Å²) in [6.45, 7) is 4.75. The second-order valence-corrected chi connectivity index (χ2v) is 15.4. The first-order chi connectivity index (χ1) is 27.6. The first-order valence-corrected chi connectivity index (χ1v) is 19.3. The number of hydrogen-bond donors (Lipinski definition) is 0. The highest BCUT2D eigenvalue weighted by molar-refractivity contribution is 6.24. The highest BCUT2D eigenvalue weighted by Crippen LogP contribution is 2.53. The average Bonchev–Trinajstić information content (AvgIpc) is 3.80. The van der Waals surface area contributed by atoms with Gasteiger partial charge in [-0.3, -0.25) is 4.57 Å². The maximum absolute atomic E-state index is 4.74. The fourth-order valence-electron chi connectivity index (χ4n) is 9.27. The van der Waals surface area contributed by atoms with Crippen LogP contribution in [0.2, 0.25) is 0 Å². The lowest BCUT2D eigenvalue weighted by Crippen LogP contribution is -2.14. The van der Waals surface area contributed by atoms with Crippen LogP contribution in [0.1, 0.15) is 25.0 Å². The van der Waals surface area contributed by atoms with Crippen LogP contribution in [0.15, 0.2) is 188 Å². The minimum atomic E-state index is -0.130. The van der Waals surface area contributed by atoms with Gasteiger partial charge in [-0.15, -0.1) is 10.2 Å². The fraction of sp³-hybridized carbons (Fsp3) is 0.0566. The zero-order valence-electron chi connectivity index (χ0n) is 31.2. The normalized spacial score (nSPS) is 13.0. The average molecular weight is 716 g/mol. The molecule has 3 heteroatoms. The van der Waals surface area contributed by atoms with Crippen LogP contribution < -0.4 is 0 Å². The molecule has 0 amide bonds. The van der Waals surface area contributed by atoms with Gasteiger partial charge in [-0.25, -0.2) is 0 Å². The van der Waals surface area contributed by atoms with E-state index < -0.39 is 0 Å². The van der Waals surface area contributed by atoms with Gasteiger partial charge in [0, 0.05) is 22.2 Å². The summed E-state index contributed by atoms with van der Waals surface area (Å²) in [6, 6.07) is 68.1. The van der Waals surface area contributed by atoms with E-state index in [1.165, 1.54) is 76.8 Å². The van der Waals surface area contributed by atoms with Gasteiger partial charge in [-0.05, 0) is 101 Å². The van der Waals surface area contributed by atoms with Crippen molar-refractivity contribution in [2.45, 2.75) is 19.3 Å². The standard InChI is InChI=1S/C53H37N3/c1-53(2)47-27-14-13-23-40(47)44-32-45-46(33-48(44)53)50(41-26-15-21-34-16-9-10-22-39(34)41)43-25-12-11-24-42(43)49(45)35-28-30-38(31-29-35)56-51(36-17-5-3-6-18-36)54-55-52(56)37-19-7-4-8-20-37/h3-33H,1-2H3. The molecule has 11 rings (SSSR count). The highest BCUT2D eigenvalue weighted by atomic mass is 15.3. The Morgan fingerprint density at radius 1 is 0.375 bits per heavy atom. The molecule has 0 saturated heterocycles. The maximum Gasteiger partial charge on any atom is 0.168 e. The largest absolute Gasteiger partial charge is 0.275 e. The van der Waals surface area contributed by atoms with E-state index >= 15 is 0 Å². The lowest BCUT2D eigenvalue weighted by atomic mass is 9.79. The van der Waals surface area contributed by atoms with Crippen LogP contribution in [0.4, 0.5) is 0 Å². The molecule has 56 heavy (non-hydrogen) atoms. The van der Waals surface area contributed by atoms with Gasteiger partial charge in [0.15, 0.2) is 11.6 Å². The zero-order valence-corrected chi connectivity index (χ0v) is 31.2. The quantitative estimate of drug-likeness (QED) is 0.166. The number of hydrogen-bond acceptors (Lipinski definition) is 2. The number of fused-ring (bicyclic) bond motifs is 6. The minimum Gasteiger partial charge on any atom is -0.275 e. The maximum atomic E-state index is 4.74. The van der Waals surface area contributed by atoms with Crippen LogP contribution in [-0.2, 0) is 5.41 Å². The fourth-order valence-corrected chi connectivity index (χ4v) is 9.27. The Hall–Kier alpha value is -7.10. The van der Waals surface area contributed by atoms with Gasteiger partial charge in [-0.2, -0.15) is 0 Å². The van der Waals surface area contributed by atoms with Crippen molar-refractivity contribution in [3.63, 3.8) is 0 Å². The molecule has 0 unspecified atom stereocenters. The number of nitrogens with zero attached hydrogens (tertiary/aromatic N) is 3. The molecule has 10 aromatic rings. The molecule has 0 saturated carbocycles. The molecule has 9 aromatic carbocycles. The topological polar surface area (TPSA) is 30.7 Å². The third-order valence-corrected chi connectivity index (χ3v) is 11.9. The van der Waals surface area contributed by atoms with E-state index in [0.717, 1.165) is 28.5 Å². The van der Waals surface area contributed by atoms with Crippen LogP contribution in [0.25, 0.3) is 94.2 Å². The molecule has 1 heterocycles. The van der Waals surface area contributed by atoms with E-state index in [9.17, 15) is 0 Å². The van der Waals surface area contributed by atoms with Gasteiger partial charge < -0.3 is 0 Å². The monoisotopic (exact) mass is 715 g/mol. The molecule has 0 atom stereocenters. The van der Waals surface area contributed by atoms with E-state index in [1.807, 2.05) is 36.4 Å². The molecule has 264 valence electrons. The Morgan fingerprint density at radius 3 is 1.61 bits per heavy atom. The summed E-state index contributed by atoms with van der Waals surface area (Å²) in [7, 11) is 0. The van der Waals surface area contributed by atoms with Gasteiger partial charge >= 0.3 is 0 Å². The molecule has 1 aliphatic carbocycles. The van der Waals surface area contributed by atoms with Gasteiger partial charge in [-0.1, -0.05) is 178 Å². The SMILES string of the molecule is CC1(C)c2ccccc2-c2cc3c(-c4ccc(-n5c(-c6ccccc6)nnc5-c5ccccc5)cc4)c4ccccc4c(-c4cccc5ccccc45)c3cc21. The third-order valence-electron chi connectivity index (χ3n) is 11.9. The van der Waals surface area contributed by atoms with Crippen molar-refractivity contribution in [2.75, 3.05) is 0 Å². The van der Waals surface area contributed by atoms with E-state index in [2.05, 4.69) is 170 Å². The summed E-state index contributed by atoms with van der Waals surface area (Å²) in [5.41, 5.74) is 13.3. The van der Waals surface area contributed by atoms with Crippen LogP contribution in [0, 0.1) is 0 Å². The lowest BCUT2D eigenvalue weighted by molar-refractivity contribution is 0.661.